The summed E-state index contributed by atoms with van der Waals surface area (Å²) in [5, 5.41) is 0. The summed E-state index contributed by atoms with van der Waals surface area (Å²) < 4.78 is 42.2. The molecule has 2 rings (SSSR count). The third-order valence-corrected chi connectivity index (χ3v) is 5.72. The average Bonchev–Trinajstić information content (AvgIpc) is 2.39. The minimum Gasteiger partial charge on any atom is -0.493 e. The van der Waals surface area contributed by atoms with Crippen LogP contribution in [0.25, 0.3) is 0 Å². The van der Waals surface area contributed by atoms with Gasteiger partial charge in [0.2, 0.25) is 9.05 Å². The van der Waals surface area contributed by atoms with Crippen molar-refractivity contribution >= 4 is 35.7 Å². The molecule has 1 aromatic carbocycles. The molecule has 7 heteroatoms. The second-order valence-corrected chi connectivity index (χ2v) is 9.24. The molecule has 1 aliphatic carbocycles. The van der Waals surface area contributed by atoms with Gasteiger partial charge in [0.05, 0.1) is 16.8 Å². The molecule has 0 unspecified atom stereocenters. The number of rotatable bonds is 5. The highest BCUT2D eigenvalue weighted by Crippen LogP contribution is 2.39. The third-order valence-electron chi connectivity index (χ3n) is 3.83. The highest BCUT2D eigenvalue weighted by molar-refractivity contribution is 9.10. The fourth-order valence-corrected chi connectivity index (χ4v) is 4.96. The number of hydrogen-bond donors (Lipinski definition) is 0. The lowest BCUT2D eigenvalue weighted by Gasteiger charge is -2.35. The Morgan fingerprint density at radius 1 is 1.29 bits per heavy atom. The van der Waals surface area contributed by atoms with Crippen molar-refractivity contribution < 1.29 is 17.5 Å². The molecule has 1 aromatic rings. The summed E-state index contributed by atoms with van der Waals surface area (Å²) in [6.45, 7) is 0.275. The monoisotopic (exact) mass is 398 g/mol. The van der Waals surface area contributed by atoms with E-state index in [1.165, 1.54) is 12.1 Å². The molecule has 1 fully saturated rings. The minimum absolute atomic E-state index is 0.0794. The number of ether oxygens (including phenoxy) is 1. The van der Waals surface area contributed by atoms with E-state index in [0.29, 0.717) is 10.2 Å². The number of hydrogen-bond acceptors (Lipinski definition) is 3. The molecule has 0 radical (unpaired) electrons. The minimum atomic E-state index is -3.58. The molecule has 0 spiro atoms. The lowest BCUT2D eigenvalue weighted by Crippen LogP contribution is -2.36. The molecular weight excluding hydrogens is 383 g/mol. The summed E-state index contributed by atoms with van der Waals surface area (Å²) in [6, 6.07) is 4.39. The SMILES string of the molecule is O=S(=O)(Cl)CC1(COc2ccc(F)c(Br)c2)CCCCC1. The summed E-state index contributed by atoms with van der Waals surface area (Å²) in [7, 11) is 1.86. The van der Waals surface area contributed by atoms with Gasteiger partial charge in [-0.25, -0.2) is 12.8 Å². The van der Waals surface area contributed by atoms with Gasteiger partial charge in [0, 0.05) is 16.1 Å². The summed E-state index contributed by atoms with van der Waals surface area (Å²) >= 11 is 3.10. The van der Waals surface area contributed by atoms with Crippen molar-refractivity contribution in [1.29, 1.82) is 0 Å². The maximum absolute atomic E-state index is 13.2. The van der Waals surface area contributed by atoms with E-state index in [1.54, 1.807) is 6.07 Å². The third kappa shape index (κ3) is 5.11. The van der Waals surface area contributed by atoms with Gasteiger partial charge in [-0.3, -0.25) is 0 Å². The van der Waals surface area contributed by atoms with Crippen molar-refractivity contribution in [2.24, 2.45) is 5.41 Å². The molecule has 21 heavy (non-hydrogen) atoms. The fraction of sp³-hybridized carbons (Fsp3) is 0.571. The molecule has 0 amide bonds. The van der Waals surface area contributed by atoms with E-state index in [1.807, 2.05) is 0 Å². The molecule has 3 nitrogen and oxygen atoms in total. The van der Waals surface area contributed by atoms with Gasteiger partial charge in [0.15, 0.2) is 0 Å². The van der Waals surface area contributed by atoms with Crippen molar-refractivity contribution in [1.82, 2.24) is 0 Å². The quantitative estimate of drug-likeness (QED) is 0.685. The predicted molar refractivity (Wildman–Crippen MR) is 84.8 cm³/mol. The Bertz CT molecular complexity index is 600. The zero-order chi connectivity index (χ0) is 15.5. The van der Waals surface area contributed by atoms with Gasteiger partial charge >= 0.3 is 0 Å². The van der Waals surface area contributed by atoms with Crippen LogP contribution in [0.1, 0.15) is 32.1 Å². The average molecular weight is 400 g/mol. The summed E-state index contributed by atoms with van der Waals surface area (Å²) in [5.74, 6) is 0.0717. The van der Waals surface area contributed by atoms with Gasteiger partial charge in [-0.05, 0) is 47.0 Å². The van der Waals surface area contributed by atoms with Gasteiger partial charge in [-0.1, -0.05) is 19.3 Å². The Labute approximate surface area is 137 Å². The van der Waals surface area contributed by atoms with Gasteiger partial charge in [0.25, 0.3) is 0 Å². The first-order chi connectivity index (χ1) is 9.80. The topological polar surface area (TPSA) is 43.4 Å². The second kappa shape index (κ2) is 6.84. The van der Waals surface area contributed by atoms with Crippen molar-refractivity contribution in [3.63, 3.8) is 0 Å². The van der Waals surface area contributed by atoms with Crippen LogP contribution in [0.5, 0.6) is 5.75 Å². The van der Waals surface area contributed by atoms with Crippen LogP contribution in [0.3, 0.4) is 0 Å². The molecule has 0 aliphatic heterocycles. The van der Waals surface area contributed by atoms with Crippen LogP contribution in [0, 0.1) is 11.2 Å². The highest BCUT2D eigenvalue weighted by Gasteiger charge is 2.37. The summed E-state index contributed by atoms with van der Waals surface area (Å²) in [4.78, 5) is 0. The Kier molecular flexibility index (Phi) is 5.54. The lowest BCUT2D eigenvalue weighted by atomic mass is 9.76. The second-order valence-electron chi connectivity index (χ2n) is 5.61. The normalized spacial score (nSPS) is 18.4. The largest absolute Gasteiger partial charge is 0.493 e. The van der Waals surface area contributed by atoms with Crippen LogP contribution in [0.2, 0.25) is 0 Å². The van der Waals surface area contributed by atoms with Crippen LogP contribution in [-0.4, -0.2) is 20.8 Å². The van der Waals surface area contributed by atoms with Crippen LogP contribution < -0.4 is 4.74 Å². The molecular formula is C14H17BrClFO3S. The van der Waals surface area contributed by atoms with E-state index >= 15 is 0 Å². The van der Waals surface area contributed by atoms with E-state index in [0.717, 1.165) is 32.1 Å². The molecule has 0 aromatic heterocycles. The standard InChI is InChI=1S/C14H17BrClFO3S/c15-12-8-11(4-5-13(12)17)20-9-14(10-21(16,18)19)6-2-1-3-7-14/h4-5,8H,1-3,6-7,9-10H2. The zero-order valence-corrected chi connectivity index (χ0v) is 14.6. The van der Waals surface area contributed by atoms with Crippen LogP contribution in [0.4, 0.5) is 4.39 Å². The van der Waals surface area contributed by atoms with E-state index in [9.17, 15) is 12.8 Å². The Balaban J connectivity index is 2.10. The molecule has 1 saturated carbocycles. The smallest absolute Gasteiger partial charge is 0.233 e. The van der Waals surface area contributed by atoms with Crippen molar-refractivity contribution in [2.75, 3.05) is 12.4 Å². The van der Waals surface area contributed by atoms with Crippen molar-refractivity contribution in [2.45, 2.75) is 32.1 Å². The molecule has 0 heterocycles. The van der Waals surface area contributed by atoms with Gasteiger partial charge in [0.1, 0.15) is 11.6 Å². The Hall–Kier alpha value is -0.330. The first-order valence-electron chi connectivity index (χ1n) is 6.80. The Morgan fingerprint density at radius 2 is 1.95 bits per heavy atom. The van der Waals surface area contributed by atoms with Crippen LogP contribution in [-0.2, 0) is 9.05 Å². The highest BCUT2D eigenvalue weighted by atomic mass is 79.9. The summed E-state index contributed by atoms with van der Waals surface area (Å²) in [6.07, 6.45) is 4.61. The van der Waals surface area contributed by atoms with Crippen molar-refractivity contribution in [3.8, 4) is 5.75 Å². The van der Waals surface area contributed by atoms with E-state index in [2.05, 4.69) is 15.9 Å². The molecule has 0 bridgehead atoms. The Morgan fingerprint density at radius 3 is 2.52 bits per heavy atom. The number of benzene rings is 1. The molecule has 0 N–H and O–H groups in total. The molecule has 0 atom stereocenters. The first kappa shape index (κ1) is 17.0. The van der Waals surface area contributed by atoms with Gasteiger partial charge < -0.3 is 4.74 Å². The summed E-state index contributed by atoms with van der Waals surface area (Å²) in [5.41, 5.74) is -0.445. The number of halogens is 3. The van der Waals surface area contributed by atoms with E-state index in [-0.39, 0.29) is 18.2 Å². The predicted octanol–water partition coefficient (Wildman–Crippen LogP) is 4.49. The van der Waals surface area contributed by atoms with Gasteiger partial charge in [-0.2, -0.15) is 0 Å². The van der Waals surface area contributed by atoms with Crippen LogP contribution >= 0.6 is 26.6 Å². The maximum Gasteiger partial charge on any atom is 0.233 e. The van der Waals surface area contributed by atoms with Crippen molar-refractivity contribution in [3.05, 3.63) is 28.5 Å². The molecule has 1 aliphatic rings. The molecule has 118 valence electrons. The van der Waals surface area contributed by atoms with Crippen LogP contribution in [0.15, 0.2) is 22.7 Å². The fourth-order valence-electron chi connectivity index (χ4n) is 2.80. The lowest BCUT2D eigenvalue weighted by molar-refractivity contribution is 0.119. The van der Waals surface area contributed by atoms with Gasteiger partial charge in [-0.15, -0.1) is 0 Å². The van der Waals surface area contributed by atoms with E-state index in [4.69, 9.17) is 15.4 Å². The maximum atomic E-state index is 13.2. The zero-order valence-electron chi connectivity index (χ0n) is 11.4. The molecule has 0 saturated heterocycles. The first-order valence-corrected chi connectivity index (χ1v) is 10.1. The van der Waals surface area contributed by atoms with E-state index < -0.39 is 14.5 Å².